The van der Waals surface area contributed by atoms with Crippen LogP contribution < -0.4 is 21.1 Å². The molecule has 4 N–H and O–H groups in total. The highest BCUT2D eigenvalue weighted by Gasteiger charge is 2.30. The summed E-state index contributed by atoms with van der Waals surface area (Å²) in [7, 11) is 1.23. The Hall–Kier alpha value is -2.59. The zero-order valence-corrected chi connectivity index (χ0v) is 20.0. The zero-order chi connectivity index (χ0) is 24.4. The fourth-order valence-corrected chi connectivity index (χ4v) is 2.80. The number of carbonyl (C=O) groups excluding carboxylic acids is 4. The summed E-state index contributed by atoms with van der Waals surface area (Å²) in [5.41, 5.74) is 6.39. The number of ether oxygens (including phenoxy) is 2. The van der Waals surface area contributed by atoms with E-state index in [9.17, 15) is 19.2 Å². The van der Waals surface area contributed by atoms with Crippen LogP contribution in [-0.4, -0.2) is 54.7 Å². The van der Waals surface area contributed by atoms with Crippen LogP contribution in [0.25, 0.3) is 0 Å². The standard InChI is InChI=1S/C22H33N3O6S/c1-12(2)18(25-19(26)16(23)11-32)20(27)24-17(22(29)30-5)10-14-6-8-15(9-7-14)31-21(28)13(3)4/h6-9,12-13,16-18,32H,10-11,23H2,1-5H3,(H,24,27)(H,25,26)/t16-,17-,18-/m0/s1. The van der Waals surface area contributed by atoms with Crippen LogP contribution in [0.2, 0.25) is 0 Å². The number of benzene rings is 1. The van der Waals surface area contributed by atoms with E-state index in [0.29, 0.717) is 11.3 Å². The van der Waals surface area contributed by atoms with Crippen molar-refractivity contribution in [2.24, 2.45) is 17.6 Å². The van der Waals surface area contributed by atoms with E-state index in [0.717, 1.165) is 0 Å². The second kappa shape index (κ2) is 13.1. The molecule has 0 spiro atoms. The van der Waals surface area contributed by atoms with Gasteiger partial charge in [-0.2, -0.15) is 12.6 Å². The summed E-state index contributed by atoms with van der Waals surface area (Å²) in [4.78, 5) is 49.0. The summed E-state index contributed by atoms with van der Waals surface area (Å²) in [6, 6.07) is 3.89. The summed E-state index contributed by atoms with van der Waals surface area (Å²) >= 11 is 3.99. The molecule has 0 radical (unpaired) electrons. The molecule has 3 atom stereocenters. The number of hydrogen-bond donors (Lipinski definition) is 4. The quantitative estimate of drug-likeness (QED) is 0.215. The molecule has 10 heteroatoms. The van der Waals surface area contributed by atoms with E-state index in [1.807, 2.05) is 0 Å². The lowest BCUT2D eigenvalue weighted by molar-refractivity contribution is -0.145. The van der Waals surface area contributed by atoms with Crippen LogP contribution in [0.3, 0.4) is 0 Å². The Morgan fingerprint density at radius 1 is 0.969 bits per heavy atom. The van der Waals surface area contributed by atoms with Crippen molar-refractivity contribution >= 4 is 36.4 Å². The second-order valence-electron chi connectivity index (χ2n) is 8.03. The Morgan fingerprint density at radius 3 is 2.03 bits per heavy atom. The van der Waals surface area contributed by atoms with Gasteiger partial charge in [0.2, 0.25) is 11.8 Å². The van der Waals surface area contributed by atoms with Gasteiger partial charge in [-0.3, -0.25) is 14.4 Å². The number of thiol groups is 1. The van der Waals surface area contributed by atoms with Crippen molar-refractivity contribution in [1.29, 1.82) is 0 Å². The van der Waals surface area contributed by atoms with Gasteiger partial charge in [0.1, 0.15) is 17.8 Å². The number of esters is 2. The Labute approximate surface area is 194 Å². The molecular formula is C22H33N3O6S. The number of nitrogens with two attached hydrogens (primary N) is 1. The summed E-state index contributed by atoms with van der Waals surface area (Å²) in [6.45, 7) is 7.00. The molecule has 2 amide bonds. The molecule has 9 nitrogen and oxygen atoms in total. The molecule has 1 rings (SSSR count). The average molecular weight is 468 g/mol. The van der Waals surface area contributed by atoms with Crippen molar-refractivity contribution in [3.05, 3.63) is 29.8 Å². The number of methoxy groups -OCH3 is 1. The summed E-state index contributed by atoms with van der Waals surface area (Å²) in [5.74, 6) is -2.01. The average Bonchev–Trinajstić information content (AvgIpc) is 2.76. The molecule has 1 aromatic carbocycles. The van der Waals surface area contributed by atoms with E-state index < -0.39 is 35.9 Å². The molecule has 0 saturated carbocycles. The maximum Gasteiger partial charge on any atom is 0.328 e. The van der Waals surface area contributed by atoms with Crippen LogP contribution in [0.1, 0.15) is 33.3 Å². The van der Waals surface area contributed by atoms with Crippen LogP contribution in [0.5, 0.6) is 5.75 Å². The Morgan fingerprint density at radius 2 is 1.56 bits per heavy atom. The lowest BCUT2D eigenvalue weighted by Crippen LogP contribution is -2.57. The molecule has 0 saturated heterocycles. The van der Waals surface area contributed by atoms with Crippen molar-refractivity contribution in [2.75, 3.05) is 12.9 Å². The van der Waals surface area contributed by atoms with E-state index in [4.69, 9.17) is 15.2 Å². The molecular weight excluding hydrogens is 434 g/mol. The van der Waals surface area contributed by atoms with Crippen LogP contribution in [-0.2, 0) is 30.3 Å². The predicted octanol–water partition coefficient (Wildman–Crippen LogP) is 0.846. The van der Waals surface area contributed by atoms with E-state index in [2.05, 4.69) is 23.3 Å². The third-order valence-electron chi connectivity index (χ3n) is 4.64. The number of hydrogen-bond acceptors (Lipinski definition) is 8. The van der Waals surface area contributed by atoms with Gasteiger partial charge < -0.3 is 25.8 Å². The molecule has 0 aliphatic heterocycles. The number of rotatable bonds is 11. The van der Waals surface area contributed by atoms with Gasteiger partial charge >= 0.3 is 11.9 Å². The van der Waals surface area contributed by atoms with Gasteiger partial charge in [0.25, 0.3) is 0 Å². The lowest BCUT2D eigenvalue weighted by Gasteiger charge is -2.25. The minimum absolute atomic E-state index is 0.130. The van der Waals surface area contributed by atoms with Crippen molar-refractivity contribution in [2.45, 2.75) is 52.2 Å². The SMILES string of the molecule is COC(=O)[C@H](Cc1ccc(OC(=O)C(C)C)cc1)NC(=O)[C@@H](NC(=O)[C@@H](N)CS)C(C)C. The fourth-order valence-electron chi connectivity index (χ4n) is 2.64. The van der Waals surface area contributed by atoms with E-state index in [1.54, 1.807) is 52.0 Å². The molecule has 0 heterocycles. The van der Waals surface area contributed by atoms with Gasteiger partial charge in [-0.1, -0.05) is 39.8 Å². The van der Waals surface area contributed by atoms with Crippen molar-refractivity contribution in [3.63, 3.8) is 0 Å². The number of amides is 2. The van der Waals surface area contributed by atoms with Crippen LogP contribution in [0, 0.1) is 11.8 Å². The van der Waals surface area contributed by atoms with Gasteiger partial charge in [-0.15, -0.1) is 0 Å². The maximum atomic E-state index is 12.8. The van der Waals surface area contributed by atoms with Gasteiger partial charge in [0.15, 0.2) is 0 Å². The Bertz CT molecular complexity index is 797. The van der Waals surface area contributed by atoms with E-state index in [1.165, 1.54) is 7.11 Å². The maximum absolute atomic E-state index is 12.8. The Balaban J connectivity index is 2.91. The highest BCUT2D eigenvalue weighted by molar-refractivity contribution is 7.80. The molecule has 0 aromatic heterocycles. The van der Waals surface area contributed by atoms with Gasteiger partial charge in [0.05, 0.1) is 19.1 Å². The van der Waals surface area contributed by atoms with Crippen LogP contribution >= 0.6 is 12.6 Å². The van der Waals surface area contributed by atoms with Gasteiger partial charge in [-0.05, 0) is 23.6 Å². The molecule has 0 aliphatic rings. The smallest absolute Gasteiger partial charge is 0.328 e. The first kappa shape index (κ1) is 27.4. The molecule has 0 bridgehead atoms. The Kier molecular flexibility index (Phi) is 11.2. The third kappa shape index (κ3) is 8.51. The topological polar surface area (TPSA) is 137 Å². The van der Waals surface area contributed by atoms with E-state index >= 15 is 0 Å². The summed E-state index contributed by atoms with van der Waals surface area (Å²) in [5, 5.41) is 5.25. The molecule has 1 aromatic rings. The molecule has 0 aliphatic carbocycles. The minimum atomic E-state index is -0.978. The fraction of sp³-hybridized carbons (Fsp3) is 0.545. The summed E-state index contributed by atoms with van der Waals surface area (Å²) < 4.78 is 10.1. The van der Waals surface area contributed by atoms with Crippen LogP contribution in [0.15, 0.2) is 24.3 Å². The molecule has 0 fully saturated rings. The first-order chi connectivity index (χ1) is 15.0. The highest BCUT2D eigenvalue weighted by atomic mass is 32.1. The van der Waals surface area contributed by atoms with Crippen molar-refractivity contribution in [1.82, 2.24) is 10.6 Å². The van der Waals surface area contributed by atoms with Gasteiger partial charge in [-0.25, -0.2) is 4.79 Å². The lowest BCUT2D eigenvalue weighted by atomic mass is 10.0. The minimum Gasteiger partial charge on any atom is -0.467 e. The van der Waals surface area contributed by atoms with Crippen LogP contribution in [0.4, 0.5) is 0 Å². The second-order valence-corrected chi connectivity index (χ2v) is 8.39. The number of nitrogens with one attached hydrogen (secondary N) is 2. The van der Waals surface area contributed by atoms with E-state index in [-0.39, 0.29) is 30.0 Å². The van der Waals surface area contributed by atoms with Crippen molar-refractivity contribution < 1.29 is 28.7 Å². The molecule has 32 heavy (non-hydrogen) atoms. The molecule has 178 valence electrons. The first-order valence-electron chi connectivity index (χ1n) is 10.4. The third-order valence-corrected chi connectivity index (χ3v) is 5.03. The summed E-state index contributed by atoms with van der Waals surface area (Å²) in [6.07, 6.45) is 0.145. The highest BCUT2D eigenvalue weighted by Crippen LogP contribution is 2.16. The van der Waals surface area contributed by atoms with Gasteiger partial charge in [0, 0.05) is 12.2 Å². The molecule has 0 unspecified atom stereocenters. The predicted molar refractivity (Wildman–Crippen MR) is 123 cm³/mol. The van der Waals surface area contributed by atoms with Crippen molar-refractivity contribution in [3.8, 4) is 5.75 Å². The number of carbonyl (C=O) groups is 4. The normalized spacial score (nSPS) is 13.8. The first-order valence-corrected chi connectivity index (χ1v) is 11.0. The largest absolute Gasteiger partial charge is 0.467 e. The zero-order valence-electron chi connectivity index (χ0n) is 19.1. The monoisotopic (exact) mass is 467 g/mol.